The molecule has 0 aliphatic carbocycles. The van der Waals surface area contributed by atoms with Gasteiger partial charge in [0.2, 0.25) is 5.91 Å². The maximum Gasteiger partial charge on any atom is 0.255 e. The molecular weight excluding hydrogens is 280 g/mol. The van der Waals surface area contributed by atoms with E-state index in [4.69, 9.17) is 0 Å². The van der Waals surface area contributed by atoms with E-state index in [1.54, 1.807) is 30.5 Å². The Kier molecular flexibility index (Phi) is 3.50. The Morgan fingerprint density at radius 3 is 2.86 bits per heavy atom. The van der Waals surface area contributed by atoms with Crippen LogP contribution in [0.5, 0.6) is 0 Å². The van der Waals surface area contributed by atoms with Crippen LogP contribution in [0, 0.1) is 0 Å². The highest BCUT2D eigenvalue weighted by Crippen LogP contribution is 2.26. The van der Waals surface area contributed by atoms with Crippen molar-refractivity contribution >= 4 is 29.0 Å². The van der Waals surface area contributed by atoms with Crippen molar-refractivity contribution in [2.75, 3.05) is 29.6 Å². The van der Waals surface area contributed by atoms with E-state index in [0.717, 1.165) is 17.1 Å². The smallest absolute Gasteiger partial charge is 0.255 e. The number of nitrogens with zero attached hydrogens (tertiary/aromatic N) is 2. The van der Waals surface area contributed by atoms with Gasteiger partial charge in [0.15, 0.2) is 0 Å². The molecule has 1 aromatic heterocycles. The van der Waals surface area contributed by atoms with Gasteiger partial charge >= 0.3 is 0 Å². The van der Waals surface area contributed by atoms with Gasteiger partial charge in [-0.3, -0.25) is 9.59 Å². The molecule has 2 amide bonds. The molecule has 6 nitrogen and oxygen atoms in total. The molecule has 2 aromatic rings. The lowest BCUT2D eigenvalue weighted by molar-refractivity contribution is -0.115. The zero-order chi connectivity index (χ0) is 15.7. The van der Waals surface area contributed by atoms with Gasteiger partial charge in [-0.25, -0.2) is 4.98 Å². The number of pyridine rings is 1. The van der Waals surface area contributed by atoms with E-state index in [2.05, 4.69) is 15.6 Å². The minimum Gasteiger partial charge on any atom is -0.363 e. The summed E-state index contributed by atoms with van der Waals surface area (Å²) in [6.07, 6.45) is 1.95. The Hall–Kier alpha value is -2.89. The average Bonchev–Trinajstić information content (AvgIpc) is 2.86. The molecule has 2 heterocycles. The highest BCUT2D eigenvalue weighted by Gasteiger charge is 2.18. The predicted molar refractivity (Wildman–Crippen MR) is 85.3 cm³/mol. The highest BCUT2D eigenvalue weighted by molar-refractivity contribution is 6.05. The number of aromatic nitrogens is 1. The minimum absolute atomic E-state index is 0.0248. The molecule has 3 rings (SSSR count). The van der Waals surface area contributed by atoms with Gasteiger partial charge in [-0.05, 0) is 35.9 Å². The van der Waals surface area contributed by atoms with Gasteiger partial charge in [-0.2, -0.15) is 0 Å². The van der Waals surface area contributed by atoms with Gasteiger partial charge in [0.25, 0.3) is 5.91 Å². The molecule has 112 valence electrons. The molecule has 0 spiro atoms. The van der Waals surface area contributed by atoms with Crippen molar-refractivity contribution in [1.82, 2.24) is 4.98 Å². The molecule has 6 heteroatoms. The second kappa shape index (κ2) is 5.48. The van der Waals surface area contributed by atoms with Crippen LogP contribution in [-0.4, -0.2) is 30.9 Å². The summed E-state index contributed by atoms with van der Waals surface area (Å²) in [4.78, 5) is 29.7. The summed E-state index contributed by atoms with van der Waals surface area (Å²) in [7, 11) is 3.74. The first-order valence-corrected chi connectivity index (χ1v) is 6.90. The first-order valence-electron chi connectivity index (χ1n) is 6.90. The molecule has 1 aliphatic rings. The van der Waals surface area contributed by atoms with Crippen LogP contribution in [0.2, 0.25) is 0 Å². The van der Waals surface area contributed by atoms with E-state index >= 15 is 0 Å². The van der Waals surface area contributed by atoms with Gasteiger partial charge in [0.05, 0.1) is 6.42 Å². The average molecular weight is 296 g/mol. The lowest BCUT2D eigenvalue weighted by Crippen LogP contribution is -2.15. The van der Waals surface area contributed by atoms with E-state index in [1.807, 2.05) is 25.1 Å². The summed E-state index contributed by atoms with van der Waals surface area (Å²) >= 11 is 0. The van der Waals surface area contributed by atoms with E-state index in [0.29, 0.717) is 17.7 Å². The van der Waals surface area contributed by atoms with E-state index in [9.17, 15) is 9.59 Å². The number of amides is 2. The fourth-order valence-electron chi connectivity index (χ4n) is 2.31. The number of anilines is 3. The minimum atomic E-state index is -0.206. The summed E-state index contributed by atoms with van der Waals surface area (Å²) in [6, 6.07) is 8.79. The van der Waals surface area contributed by atoms with Gasteiger partial charge < -0.3 is 15.5 Å². The van der Waals surface area contributed by atoms with E-state index < -0.39 is 0 Å². The SMILES string of the molecule is CN(C)c1cc(C(=O)Nc2ccc3c(c2)CC(=O)N3)ccn1. The maximum absolute atomic E-state index is 12.3. The molecule has 0 unspecified atom stereocenters. The number of carbonyl (C=O) groups is 2. The fraction of sp³-hybridized carbons (Fsp3) is 0.188. The number of hydrogen-bond donors (Lipinski definition) is 2. The topological polar surface area (TPSA) is 74.3 Å². The lowest BCUT2D eigenvalue weighted by Gasteiger charge is -2.12. The van der Waals surface area contributed by atoms with Crippen LogP contribution < -0.4 is 15.5 Å². The number of fused-ring (bicyclic) bond motifs is 1. The quantitative estimate of drug-likeness (QED) is 0.907. The van der Waals surface area contributed by atoms with Crippen LogP contribution in [0.3, 0.4) is 0 Å². The van der Waals surface area contributed by atoms with Crippen LogP contribution in [0.25, 0.3) is 0 Å². The summed E-state index contributed by atoms with van der Waals surface area (Å²) in [5.41, 5.74) is 2.91. The van der Waals surface area contributed by atoms with E-state index in [-0.39, 0.29) is 11.8 Å². The zero-order valence-corrected chi connectivity index (χ0v) is 12.4. The maximum atomic E-state index is 12.3. The monoisotopic (exact) mass is 296 g/mol. The number of nitrogens with one attached hydrogen (secondary N) is 2. The number of benzene rings is 1. The third-order valence-corrected chi connectivity index (χ3v) is 3.45. The molecule has 0 bridgehead atoms. The molecule has 0 saturated carbocycles. The first kappa shape index (κ1) is 14.1. The van der Waals surface area contributed by atoms with Crippen molar-refractivity contribution in [3.63, 3.8) is 0 Å². The fourth-order valence-corrected chi connectivity index (χ4v) is 2.31. The zero-order valence-electron chi connectivity index (χ0n) is 12.4. The third kappa shape index (κ3) is 2.76. The van der Waals surface area contributed by atoms with Crippen molar-refractivity contribution in [3.05, 3.63) is 47.7 Å². The normalized spacial score (nSPS) is 12.5. The largest absolute Gasteiger partial charge is 0.363 e. The lowest BCUT2D eigenvalue weighted by atomic mass is 10.1. The summed E-state index contributed by atoms with van der Waals surface area (Å²) in [5.74, 6) is 0.488. The standard InChI is InChI=1S/C16H16N4O2/c1-20(2)14-8-10(5-6-17-14)16(22)18-12-3-4-13-11(7-12)9-15(21)19-13/h3-8H,9H2,1-2H3,(H,18,22)(H,19,21). The summed E-state index contributed by atoms with van der Waals surface area (Å²) in [5, 5.41) is 5.61. The Bertz CT molecular complexity index is 756. The number of rotatable bonds is 3. The molecule has 0 radical (unpaired) electrons. The Morgan fingerprint density at radius 1 is 1.27 bits per heavy atom. The second-order valence-corrected chi connectivity index (χ2v) is 5.35. The van der Waals surface area contributed by atoms with Crippen molar-refractivity contribution in [1.29, 1.82) is 0 Å². The van der Waals surface area contributed by atoms with Gasteiger partial charge in [0.1, 0.15) is 5.82 Å². The molecule has 0 saturated heterocycles. The molecule has 22 heavy (non-hydrogen) atoms. The highest BCUT2D eigenvalue weighted by atomic mass is 16.2. The molecule has 1 aromatic carbocycles. The van der Waals surface area contributed by atoms with Crippen molar-refractivity contribution < 1.29 is 9.59 Å². The molecule has 0 atom stereocenters. The molecular formula is C16H16N4O2. The predicted octanol–water partition coefficient (Wildman–Crippen LogP) is 1.89. The Morgan fingerprint density at radius 2 is 2.09 bits per heavy atom. The van der Waals surface area contributed by atoms with Crippen LogP contribution in [0.4, 0.5) is 17.2 Å². The number of hydrogen-bond acceptors (Lipinski definition) is 4. The number of carbonyl (C=O) groups excluding carboxylic acids is 2. The van der Waals surface area contributed by atoms with Crippen LogP contribution in [0.15, 0.2) is 36.5 Å². The summed E-state index contributed by atoms with van der Waals surface area (Å²) in [6.45, 7) is 0. The van der Waals surface area contributed by atoms with Crippen LogP contribution >= 0.6 is 0 Å². The van der Waals surface area contributed by atoms with Gasteiger partial charge in [-0.15, -0.1) is 0 Å². The van der Waals surface area contributed by atoms with Crippen LogP contribution in [-0.2, 0) is 11.2 Å². The van der Waals surface area contributed by atoms with Crippen molar-refractivity contribution in [2.45, 2.75) is 6.42 Å². The first-order chi connectivity index (χ1) is 10.5. The Labute approximate surface area is 128 Å². The van der Waals surface area contributed by atoms with Crippen molar-refractivity contribution in [3.8, 4) is 0 Å². The summed E-state index contributed by atoms with van der Waals surface area (Å²) < 4.78 is 0. The Balaban J connectivity index is 1.79. The van der Waals surface area contributed by atoms with Crippen molar-refractivity contribution in [2.24, 2.45) is 0 Å². The van der Waals surface area contributed by atoms with Crippen LogP contribution in [0.1, 0.15) is 15.9 Å². The molecule has 2 N–H and O–H groups in total. The second-order valence-electron chi connectivity index (χ2n) is 5.35. The molecule has 0 fully saturated rings. The third-order valence-electron chi connectivity index (χ3n) is 3.45. The molecule has 1 aliphatic heterocycles. The van der Waals surface area contributed by atoms with Gasteiger partial charge in [-0.1, -0.05) is 0 Å². The van der Waals surface area contributed by atoms with E-state index in [1.165, 1.54) is 0 Å². The van der Waals surface area contributed by atoms with Gasteiger partial charge in [0, 0.05) is 37.2 Å².